The van der Waals surface area contributed by atoms with E-state index in [4.69, 9.17) is 9.84 Å². The van der Waals surface area contributed by atoms with Crippen molar-refractivity contribution in [3.8, 4) is 0 Å². The monoisotopic (exact) mass is 691 g/mol. The molecule has 0 aliphatic heterocycles. The lowest BCUT2D eigenvalue weighted by Gasteiger charge is -2.62. The fourth-order valence-corrected chi connectivity index (χ4v) is 12.1. The van der Waals surface area contributed by atoms with Gasteiger partial charge in [0.25, 0.3) is 0 Å². The fraction of sp³-hybridized carbons (Fsp3) is 0.771. The van der Waals surface area contributed by atoms with E-state index >= 15 is 0 Å². The number of esters is 1. The van der Waals surface area contributed by atoms with Gasteiger partial charge in [-0.2, -0.15) is 0 Å². The number of carboxylic acid groups (broad SMARTS) is 1. The first-order valence-corrected chi connectivity index (χ1v) is 18.3. The normalized spacial score (nSPS) is 35.6. The van der Waals surface area contributed by atoms with E-state index in [9.17, 15) is 19.2 Å². The zero-order valence-electron chi connectivity index (χ0n) is 27.0. The number of carbonyl (C=O) groups is 4. The first kappa shape index (κ1) is 33.6. The zero-order chi connectivity index (χ0) is 32.0. The van der Waals surface area contributed by atoms with Crippen LogP contribution < -0.4 is 5.32 Å². The molecule has 44 heavy (non-hydrogen) atoms. The van der Waals surface area contributed by atoms with E-state index in [2.05, 4.69) is 61.9 Å². The Labute approximate surface area is 274 Å². The Morgan fingerprint density at radius 3 is 2.50 bits per heavy atom. The standard InChI is InChI=1S/C35H50BrNO6S/c1-6-24(26-8-10-28(36)44-26)37-29(39)19-33(2,3)27-9-7-22-32-23(14-16-35(22,27)5)34(4)15-13-21(38)17-20(34)18-25(32)43-31(42)12-11-30(40)41/h8,10,20,22-25,27,32H,6-7,9,11-19H2,1-5H3,(H,37,39)(H,40,41)/t20-,22-,23-,24+,25+,27+,32-,34-,35-/m0/s1. The van der Waals surface area contributed by atoms with Crippen LogP contribution in [0.5, 0.6) is 0 Å². The molecule has 4 aliphatic carbocycles. The Bertz CT molecular complexity index is 1280. The third-order valence-electron chi connectivity index (χ3n) is 12.5. The van der Waals surface area contributed by atoms with Gasteiger partial charge in [-0.05, 0) is 113 Å². The average Bonchev–Trinajstić information content (AvgIpc) is 3.54. The van der Waals surface area contributed by atoms with Crippen molar-refractivity contribution in [2.75, 3.05) is 0 Å². The summed E-state index contributed by atoms with van der Waals surface area (Å²) in [6.07, 6.45) is 7.60. The minimum atomic E-state index is -1.00. The number of aliphatic carboxylic acids is 1. The Morgan fingerprint density at radius 1 is 1.11 bits per heavy atom. The molecule has 0 radical (unpaired) electrons. The van der Waals surface area contributed by atoms with Crippen LogP contribution >= 0.6 is 27.3 Å². The third kappa shape index (κ3) is 6.43. The number of Topliss-reactive ketones (excluding diaryl/α,β-unsaturated/α-hetero) is 1. The number of carbonyl (C=O) groups excluding carboxylic acids is 3. The molecule has 244 valence electrons. The van der Waals surface area contributed by atoms with Gasteiger partial charge in [0.05, 0.1) is 22.7 Å². The molecule has 1 aromatic heterocycles. The number of carboxylic acids is 1. The molecule has 4 fully saturated rings. The van der Waals surface area contributed by atoms with Gasteiger partial charge in [-0.15, -0.1) is 11.3 Å². The van der Waals surface area contributed by atoms with Crippen molar-refractivity contribution >= 4 is 50.9 Å². The summed E-state index contributed by atoms with van der Waals surface area (Å²) in [5, 5.41) is 12.5. The van der Waals surface area contributed by atoms with Crippen LogP contribution in [-0.2, 0) is 23.9 Å². The maximum atomic E-state index is 13.5. The number of fused-ring (bicyclic) bond motifs is 5. The summed E-state index contributed by atoms with van der Waals surface area (Å²) >= 11 is 5.21. The molecule has 5 rings (SSSR count). The van der Waals surface area contributed by atoms with Crippen LogP contribution in [0.4, 0.5) is 0 Å². The van der Waals surface area contributed by atoms with Gasteiger partial charge in [0, 0.05) is 30.1 Å². The first-order chi connectivity index (χ1) is 20.7. The minimum Gasteiger partial charge on any atom is -0.481 e. The highest BCUT2D eigenvalue weighted by molar-refractivity contribution is 9.11. The summed E-state index contributed by atoms with van der Waals surface area (Å²) in [5.41, 5.74) is -0.156. The molecule has 0 aromatic carbocycles. The lowest BCUT2D eigenvalue weighted by Crippen LogP contribution is -2.59. The van der Waals surface area contributed by atoms with Crippen LogP contribution in [0.25, 0.3) is 0 Å². The van der Waals surface area contributed by atoms with E-state index in [-0.39, 0.29) is 59.0 Å². The molecule has 1 heterocycles. The molecule has 1 aromatic rings. The second-order valence-electron chi connectivity index (χ2n) is 15.4. The number of ketones is 1. The van der Waals surface area contributed by atoms with Crippen molar-refractivity contribution in [1.29, 1.82) is 0 Å². The van der Waals surface area contributed by atoms with E-state index in [1.165, 1.54) is 0 Å². The van der Waals surface area contributed by atoms with Crippen molar-refractivity contribution in [1.82, 2.24) is 5.32 Å². The topological polar surface area (TPSA) is 110 Å². The molecular weight excluding hydrogens is 642 g/mol. The van der Waals surface area contributed by atoms with E-state index in [1.54, 1.807) is 11.3 Å². The minimum absolute atomic E-state index is 0.00632. The molecule has 9 atom stereocenters. The Morgan fingerprint density at radius 2 is 1.84 bits per heavy atom. The van der Waals surface area contributed by atoms with Crippen LogP contribution in [0.2, 0.25) is 0 Å². The second-order valence-corrected chi connectivity index (χ2v) is 17.9. The number of hydrogen-bond donors (Lipinski definition) is 2. The molecule has 9 heteroatoms. The second kappa shape index (κ2) is 12.8. The van der Waals surface area contributed by atoms with Gasteiger partial charge in [-0.25, -0.2) is 0 Å². The van der Waals surface area contributed by atoms with Crippen LogP contribution in [-0.4, -0.2) is 34.8 Å². The Hall–Kier alpha value is -1.74. The highest BCUT2D eigenvalue weighted by atomic mass is 79.9. The molecule has 0 spiro atoms. The summed E-state index contributed by atoms with van der Waals surface area (Å²) in [7, 11) is 0. The zero-order valence-corrected chi connectivity index (χ0v) is 29.4. The molecular formula is C35H50BrNO6S. The molecule has 0 unspecified atom stereocenters. The smallest absolute Gasteiger partial charge is 0.306 e. The van der Waals surface area contributed by atoms with Gasteiger partial charge in [0.15, 0.2) is 0 Å². The van der Waals surface area contributed by atoms with Gasteiger partial charge in [0.1, 0.15) is 11.9 Å². The number of hydrogen-bond acceptors (Lipinski definition) is 6. The summed E-state index contributed by atoms with van der Waals surface area (Å²) in [4.78, 5) is 51.3. The predicted octanol–water partition coefficient (Wildman–Crippen LogP) is 8.11. The van der Waals surface area contributed by atoms with Crippen molar-refractivity contribution in [3.63, 3.8) is 0 Å². The number of amides is 1. The highest BCUT2D eigenvalue weighted by Crippen LogP contribution is 2.69. The van der Waals surface area contributed by atoms with Gasteiger partial charge in [-0.1, -0.05) is 34.6 Å². The molecule has 4 saturated carbocycles. The van der Waals surface area contributed by atoms with Crippen LogP contribution in [0, 0.1) is 45.8 Å². The summed E-state index contributed by atoms with van der Waals surface area (Å²) in [5.74, 6) is 0.412. The Balaban J connectivity index is 1.36. The van der Waals surface area contributed by atoms with Crippen molar-refractivity contribution in [2.24, 2.45) is 45.8 Å². The number of thiophene rings is 1. The molecule has 0 saturated heterocycles. The van der Waals surface area contributed by atoms with Gasteiger partial charge in [0.2, 0.25) is 5.91 Å². The number of halogens is 1. The van der Waals surface area contributed by atoms with Crippen molar-refractivity contribution in [3.05, 3.63) is 20.8 Å². The quantitative estimate of drug-likeness (QED) is 0.240. The predicted molar refractivity (Wildman–Crippen MR) is 174 cm³/mol. The lowest BCUT2D eigenvalue weighted by atomic mass is 9.43. The van der Waals surface area contributed by atoms with E-state index in [0.29, 0.717) is 49.2 Å². The third-order valence-corrected chi connectivity index (χ3v) is 14.3. The fourth-order valence-electron chi connectivity index (χ4n) is 10.5. The van der Waals surface area contributed by atoms with Crippen LogP contribution in [0.3, 0.4) is 0 Å². The summed E-state index contributed by atoms with van der Waals surface area (Å²) in [6, 6.07) is 4.12. The van der Waals surface area contributed by atoms with E-state index < -0.39 is 11.9 Å². The Kier molecular flexibility index (Phi) is 9.79. The SMILES string of the molecule is CC[C@@H](NC(=O)CC(C)(C)[C@H]1CC[C@H]2[C@@H]3[C@H](OC(=O)CCC(=O)O)C[C@@H]4CC(=O)CC[C@]4(C)[C@H]3CC[C@]12C)c1ccc(Br)s1. The maximum Gasteiger partial charge on any atom is 0.306 e. The van der Waals surface area contributed by atoms with Gasteiger partial charge < -0.3 is 15.2 Å². The first-order valence-electron chi connectivity index (χ1n) is 16.7. The summed E-state index contributed by atoms with van der Waals surface area (Å²) < 4.78 is 7.26. The van der Waals surface area contributed by atoms with Crippen LogP contribution in [0.15, 0.2) is 15.9 Å². The molecule has 0 bridgehead atoms. The average molecular weight is 693 g/mol. The molecule has 7 nitrogen and oxygen atoms in total. The van der Waals surface area contributed by atoms with Crippen LogP contribution in [0.1, 0.15) is 123 Å². The van der Waals surface area contributed by atoms with Crippen molar-refractivity contribution < 1.29 is 29.0 Å². The molecule has 1 amide bonds. The number of nitrogens with one attached hydrogen (secondary N) is 1. The highest BCUT2D eigenvalue weighted by Gasteiger charge is 2.65. The largest absolute Gasteiger partial charge is 0.481 e. The van der Waals surface area contributed by atoms with E-state index in [1.807, 2.05) is 6.07 Å². The van der Waals surface area contributed by atoms with Gasteiger partial charge in [-0.3, -0.25) is 19.2 Å². The lowest BCUT2D eigenvalue weighted by molar-refractivity contribution is -0.192. The van der Waals surface area contributed by atoms with E-state index in [0.717, 1.165) is 47.2 Å². The van der Waals surface area contributed by atoms with Crippen molar-refractivity contribution in [2.45, 2.75) is 124 Å². The number of rotatable bonds is 10. The summed E-state index contributed by atoms with van der Waals surface area (Å²) in [6.45, 7) is 11.4. The maximum absolute atomic E-state index is 13.5. The van der Waals surface area contributed by atoms with Gasteiger partial charge >= 0.3 is 11.9 Å². The molecule has 2 N–H and O–H groups in total. The number of ether oxygens (including phenoxy) is 1. The molecule has 4 aliphatic rings.